The summed E-state index contributed by atoms with van der Waals surface area (Å²) >= 11 is 0. The van der Waals surface area contributed by atoms with E-state index in [1.54, 1.807) is 0 Å². The third-order valence-electron chi connectivity index (χ3n) is 1.72. The van der Waals surface area contributed by atoms with Gasteiger partial charge in [-0.05, 0) is 24.2 Å². The van der Waals surface area contributed by atoms with Crippen molar-refractivity contribution in [1.82, 2.24) is 0 Å². The summed E-state index contributed by atoms with van der Waals surface area (Å²) in [5.74, 6) is 0.816. The lowest BCUT2D eigenvalue weighted by atomic mass is 9.82. The van der Waals surface area contributed by atoms with Crippen molar-refractivity contribution < 1.29 is 0 Å². The number of hydrogen-bond donors (Lipinski definition) is 0. The summed E-state index contributed by atoms with van der Waals surface area (Å²) in [5, 5.41) is 0. The highest BCUT2D eigenvalue weighted by Gasteiger charge is 2.16. The van der Waals surface area contributed by atoms with Gasteiger partial charge < -0.3 is 0 Å². The first-order valence-electron chi connectivity index (χ1n) is 3.78. The topological polar surface area (TPSA) is 0 Å². The molecule has 0 aromatic heterocycles. The predicted octanol–water partition coefficient (Wildman–Crippen LogP) is 3.28. The van der Waals surface area contributed by atoms with E-state index in [0.29, 0.717) is 5.41 Å². The molecule has 0 unspecified atom stereocenters. The molecular weight excluding hydrogens is 108 g/mol. The van der Waals surface area contributed by atoms with Gasteiger partial charge in [0.1, 0.15) is 0 Å². The van der Waals surface area contributed by atoms with Crippen molar-refractivity contribution in [2.24, 2.45) is 11.3 Å². The highest BCUT2D eigenvalue weighted by atomic mass is 14.2. The standard InChI is InChI=1S/C9H19/c1-6-9(4,5)7-8(2)3/h6,8H,7H2,1-5H3. The van der Waals surface area contributed by atoms with Crippen molar-refractivity contribution in [3.05, 3.63) is 6.42 Å². The van der Waals surface area contributed by atoms with Gasteiger partial charge in [0.2, 0.25) is 0 Å². The summed E-state index contributed by atoms with van der Waals surface area (Å²) < 4.78 is 0. The van der Waals surface area contributed by atoms with Gasteiger partial charge in [0, 0.05) is 0 Å². The lowest BCUT2D eigenvalue weighted by Gasteiger charge is -2.24. The van der Waals surface area contributed by atoms with Gasteiger partial charge in [0.15, 0.2) is 0 Å². The molecule has 0 heterocycles. The second kappa shape index (κ2) is 3.24. The molecular formula is C9H19. The van der Waals surface area contributed by atoms with Gasteiger partial charge in [0.05, 0.1) is 0 Å². The van der Waals surface area contributed by atoms with Crippen LogP contribution in [-0.4, -0.2) is 0 Å². The van der Waals surface area contributed by atoms with E-state index in [1.165, 1.54) is 6.42 Å². The third-order valence-corrected chi connectivity index (χ3v) is 1.72. The minimum Gasteiger partial charge on any atom is -0.0628 e. The Labute approximate surface area is 59.7 Å². The molecule has 0 atom stereocenters. The summed E-state index contributed by atoms with van der Waals surface area (Å²) in [6.45, 7) is 11.2. The van der Waals surface area contributed by atoms with E-state index in [9.17, 15) is 0 Å². The lowest BCUT2D eigenvalue weighted by molar-refractivity contribution is 0.339. The van der Waals surface area contributed by atoms with Gasteiger partial charge >= 0.3 is 0 Å². The Morgan fingerprint density at radius 2 is 1.78 bits per heavy atom. The van der Waals surface area contributed by atoms with E-state index < -0.39 is 0 Å². The Hall–Kier alpha value is 0. The van der Waals surface area contributed by atoms with Crippen molar-refractivity contribution >= 4 is 0 Å². The molecule has 0 nitrogen and oxygen atoms in total. The highest BCUT2D eigenvalue weighted by Crippen LogP contribution is 2.27. The van der Waals surface area contributed by atoms with E-state index in [0.717, 1.165) is 5.92 Å². The fourth-order valence-corrected chi connectivity index (χ4v) is 1.17. The monoisotopic (exact) mass is 127 g/mol. The van der Waals surface area contributed by atoms with Gasteiger partial charge in [-0.2, -0.15) is 0 Å². The molecule has 0 aliphatic heterocycles. The average molecular weight is 127 g/mol. The van der Waals surface area contributed by atoms with Crippen molar-refractivity contribution in [2.75, 3.05) is 0 Å². The minimum absolute atomic E-state index is 0.439. The molecule has 0 saturated heterocycles. The molecule has 0 saturated carbocycles. The van der Waals surface area contributed by atoms with Crippen LogP contribution in [-0.2, 0) is 0 Å². The Balaban J connectivity index is 3.58. The fraction of sp³-hybridized carbons (Fsp3) is 0.889. The zero-order valence-corrected chi connectivity index (χ0v) is 7.36. The summed E-state index contributed by atoms with van der Waals surface area (Å²) in [7, 11) is 0. The quantitative estimate of drug-likeness (QED) is 0.545. The minimum atomic E-state index is 0.439. The van der Waals surface area contributed by atoms with Crippen molar-refractivity contribution in [2.45, 2.75) is 41.0 Å². The van der Waals surface area contributed by atoms with Crippen molar-refractivity contribution in [3.8, 4) is 0 Å². The first-order valence-corrected chi connectivity index (χ1v) is 3.78. The Morgan fingerprint density at radius 3 is 1.89 bits per heavy atom. The molecule has 0 aromatic carbocycles. The average Bonchev–Trinajstić information content (AvgIpc) is 1.63. The van der Waals surface area contributed by atoms with Crippen LogP contribution in [0.1, 0.15) is 41.0 Å². The smallest absolute Gasteiger partial charge is 0.0323 e. The van der Waals surface area contributed by atoms with E-state index >= 15 is 0 Å². The first kappa shape index (κ1) is 9.00. The van der Waals surface area contributed by atoms with Crippen molar-refractivity contribution in [3.63, 3.8) is 0 Å². The Kier molecular flexibility index (Phi) is 3.24. The van der Waals surface area contributed by atoms with E-state index in [2.05, 4.69) is 41.0 Å². The normalized spacial score (nSPS) is 12.7. The molecule has 0 rings (SSSR count). The molecule has 0 spiro atoms. The Bertz CT molecular complexity index is 70.1. The maximum atomic E-state index is 2.28. The van der Waals surface area contributed by atoms with Crippen LogP contribution in [0.3, 0.4) is 0 Å². The predicted molar refractivity (Wildman–Crippen MR) is 43.2 cm³/mol. The van der Waals surface area contributed by atoms with Gasteiger partial charge in [-0.15, -0.1) is 0 Å². The SMILES string of the molecule is C[CH]C(C)(C)CC(C)C. The maximum Gasteiger partial charge on any atom is -0.0323 e. The number of hydrogen-bond acceptors (Lipinski definition) is 0. The third kappa shape index (κ3) is 4.50. The summed E-state index contributed by atoms with van der Waals surface area (Å²) in [6.07, 6.45) is 3.58. The van der Waals surface area contributed by atoms with Crippen LogP contribution >= 0.6 is 0 Å². The molecule has 1 radical (unpaired) electrons. The summed E-state index contributed by atoms with van der Waals surface area (Å²) in [4.78, 5) is 0. The summed E-state index contributed by atoms with van der Waals surface area (Å²) in [5.41, 5.74) is 0.439. The zero-order chi connectivity index (χ0) is 7.49. The fourth-order valence-electron chi connectivity index (χ4n) is 1.17. The molecule has 0 aromatic rings. The molecule has 0 bridgehead atoms. The number of rotatable bonds is 3. The first-order chi connectivity index (χ1) is 3.98. The van der Waals surface area contributed by atoms with E-state index in [1.807, 2.05) is 0 Å². The van der Waals surface area contributed by atoms with Gasteiger partial charge in [0.25, 0.3) is 0 Å². The molecule has 0 amide bonds. The molecule has 0 aliphatic carbocycles. The van der Waals surface area contributed by atoms with Crippen LogP contribution in [0.2, 0.25) is 0 Å². The molecule has 55 valence electrons. The van der Waals surface area contributed by atoms with Crippen LogP contribution in [0, 0.1) is 17.8 Å². The van der Waals surface area contributed by atoms with Gasteiger partial charge in [-0.3, -0.25) is 0 Å². The second-order valence-corrected chi connectivity index (χ2v) is 3.88. The van der Waals surface area contributed by atoms with Crippen LogP contribution in [0.25, 0.3) is 0 Å². The largest absolute Gasteiger partial charge is 0.0628 e. The van der Waals surface area contributed by atoms with Crippen LogP contribution in [0.5, 0.6) is 0 Å². The second-order valence-electron chi connectivity index (χ2n) is 3.88. The Morgan fingerprint density at radius 1 is 1.33 bits per heavy atom. The zero-order valence-electron chi connectivity index (χ0n) is 7.36. The molecule has 0 N–H and O–H groups in total. The highest BCUT2D eigenvalue weighted by molar-refractivity contribution is 4.81. The van der Waals surface area contributed by atoms with E-state index in [4.69, 9.17) is 0 Å². The summed E-state index contributed by atoms with van der Waals surface area (Å²) in [6, 6.07) is 0. The van der Waals surface area contributed by atoms with Gasteiger partial charge in [-0.1, -0.05) is 34.6 Å². The lowest BCUT2D eigenvalue weighted by Crippen LogP contribution is -2.13. The van der Waals surface area contributed by atoms with E-state index in [-0.39, 0.29) is 0 Å². The maximum absolute atomic E-state index is 2.28. The molecule has 0 heteroatoms. The molecule has 0 fully saturated rings. The molecule has 9 heavy (non-hydrogen) atoms. The van der Waals surface area contributed by atoms with Crippen LogP contribution in [0.15, 0.2) is 0 Å². The van der Waals surface area contributed by atoms with Crippen LogP contribution in [0.4, 0.5) is 0 Å². The van der Waals surface area contributed by atoms with Crippen LogP contribution < -0.4 is 0 Å². The molecule has 0 aliphatic rings. The van der Waals surface area contributed by atoms with Crippen molar-refractivity contribution in [1.29, 1.82) is 0 Å². The van der Waals surface area contributed by atoms with Gasteiger partial charge in [-0.25, -0.2) is 0 Å².